The number of hydrogen-bond acceptors (Lipinski definition) is 2. The Balaban J connectivity index is 2.02. The van der Waals surface area contributed by atoms with Crippen LogP contribution in [0.1, 0.15) is 0 Å². The lowest BCUT2D eigenvalue weighted by Gasteiger charge is -2.23. The van der Waals surface area contributed by atoms with E-state index in [1.165, 1.54) is 0 Å². The quantitative estimate of drug-likeness (QED) is 0.608. The molecule has 19 heavy (non-hydrogen) atoms. The van der Waals surface area contributed by atoms with Crippen molar-refractivity contribution in [3.8, 4) is 0 Å². The lowest BCUT2D eigenvalue weighted by atomic mass is 10.1. The third-order valence-electron chi connectivity index (χ3n) is 3.39. The molecule has 0 amide bonds. The molecular weight excluding hydrogens is 327 g/mol. The fourth-order valence-electron chi connectivity index (χ4n) is 2.58. The molecule has 102 valence electrons. The maximum absolute atomic E-state index is 11.8. The summed E-state index contributed by atoms with van der Waals surface area (Å²) in [6.07, 6.45) is 0. The molecule has 2 fully saturated rings. The number of halogens is 2. The second-order valence-electron chi connectivity index (χ2n) is 4.67. The molecule has 0 aromatic heterocycles. The van der Waals surface area contributed by atoms with Gasteiger partial charge < -0.3 is 10.2 Å². The molecule has 2 aliphatic heterocycles. The van der Waals surface area contributed by atoms with Crippen molar-refractivity contribution < 1.29 is 8.76 Å². The number of benzene rings is 1. The van der Waals surface area contributed by atoms with E-state index in [0.717, 1.165) is 0 Å². The zero-order valence-corrected chi connectivity index (χ0v) is 12.8. The van der Waals surface area contributed by atoms with Gasteiger partial charge in [-0.3, -0.25) is 0 Å². The van der Waals surface area contributed by atoms with Crippen molar-refractivity contribution in [3.63, 3.8) is 0 Å². The number of fused-ring (bicyclic) bond motifs is 1. The van der Waals surface area contributed by atoms with E-state index in [9.17, 15) is 8.76 Å². The minimum Gasteiger partial charge on any atom is -0.352 e. The molecule has 0 radical (unpaired) electrons. The van der Waals surface area contributed by atoms with Crippen molar-refractivity contribution in [2.75, 3.05) is 16.4 Å². The Kier molecular flexibility index (Phi) is 3.26. The lowest BCUT2D eigenvalue weighted by Crippen LogP contribution is -2.37. The molecule has 2 aliphatic rings. The van der Waals surface area contributed by atoms with Crippen LogP contribution in [0.2, 0.25) is 10.0 Å². The van der Waals surface area contributed by atoms with Crippen LogP contribution in [-0.2, 0) is 14.4 Å². The van der Waals surface area contributed by atoms with Crippen LogP contribution < -0.4 is 10.2 Å². The summed E-state index contributed by atoms with van der Waals surface area (Å²) in [5.74, 6) is 0.403. The van der Waals surface area contributed by atoms with Gasteiger partial charge in [0, 0.05) is 0 Å². The van der Waals surface area contributed by atoms with Crippen molar-refractivity contribution in [1.82, 2.24) is 5.32 Å². The van der Waals surface area contributed by atoms with Gasteiger partial charge in [0.15, 0.2) is 16.6 Å². The highest BCUT2D eigenvalue weighted by Crippen LogP contribution is 2.38. The molecule has 2 N–H and O–H groups in total. The van der Waals surface area contributed by atoms with Crippen molar-refractivity contribution in [3.05, 3.63) is 28.2 Å². The first-order valence-electron chi connectivity index (χ1n) is 5.65. The number of nitrogens with one attached hydrogen (secondary N) is 1. The maximum Gasteiger partial charge on any atom is 0.218 e. The van der Waals surface area contributed by atoms with Crippen molar-refractivity contribution >= 4 is 56.4 Å². The molecule has 0 saturated carbocycles. The monoisotopic (exact) mass is 337 g/mol. The van der Waals surface area contributed by atoms with Gasteiger partial charge in [-0.1, -0.05) is 33.5 Å². The summed E-state index contributed by atoms with van der Waals surface area (Å²) in [4.78, 5) is 1.80. The van der Waals surface area contributed by atoms with Gasteiger partial charge in [-0.05, 0) is 24.4 Å². The van der Waals surface area contributed by atoms with E-state index in [4.69, 9.17) is 35.4 Å². The molecule has 1 aromatic carbocycles. The average molecular weight is 338 g/mol. The van der Waals surface area contributed by atoms with E-state index in [0.29, 0.717) is 20.8 Å². The topological polar surface area (TPSA) is 52.6 Å². The highest BCUT2D eigenvalue weighted by atomic mass is 35.5. The van der Waals surface area contributed by atoms with Crippen LogP contribution in [-0.4, -0.2) is 33.3 Å². The minimum absolute atomic E-state index is 0.111. The summed E-state index contributed by atoms with van der Waals surface area (Å²) in [5, 5.41) is 4.45. The molecule has 0 aliphatic carbocycles. The smallest absolute Gasteiger partial charge is 0.218 e. The standard InChI is InChI=1S/C11H10Cl2N2O2S2/c12-6-2-1-3-8(10(6)13)15-9-5-19(16,17)4-7(9)14-11(15)18/h1-3,7,9H,4-5H2,(H-,14,16,17,18)/p+1/t7-,9+/m0/s1. The summed E-state index contributed by atoms with van der Waals surface area (Å²) in [6.45, 7) is 0. The molecule has 3 rings (SSSR count). The van der Waals surface area contributed by atoms with Crippen LogP contribution in [0.5, 0.6) is 0 Å². The average Bonchev–Trinajstić information content (AvgIpc) is 2.73. The van der Waals surface area contributed by atoms with Crippen molar-refractivity contribution in [2.24, 2.45) is 0 Å². The Labute approximate surface area is 127 Å². The molecule has 0 spiro atoms. The molecule has 3 atom stereocenters. The minimum atomic E-state index is -2.78. The van der Waals surface area contributed by atoms with Crippen LogP contribution >= 0.6 is 35.4 Å². The summed E-state index contributed by atoms with van der Waals surface area (Å²) in [7, 11) is -2.78. The molecule has 1 aromatic rings. The summed E-state index contributed by atoms with van der Waals surface area (Å²) < 4.78 is 21.6. The van der Waals surface area contributed by atoms with Gasteiger partial charge in [0.2, 0.25) is 10.2 Å². The third kappa shape index (κ3) is 2.25. The molecule has 2 saturated heterocycles. The SMILES string of the molecule is O=[S+]1(O)C[C@@H]2NC(=S)N(c3cccc(Cl)c3Cl)[C@@H]2C1. The van der Waals surface area contributed by atoms with E-state index in [-0.39, 0.29) is 23.6 Å². The van der Waals surface area contributed by atoms with Crippen LogP contribution in [0.15, 0.2) is 18.2 Å². The van der Waals surface area contributed by atoms with Gasteiger partial charge in [-0.15, -0.1) is 0 Å². The Morgan fingerprint density at radius 2 is 2.16 bits per heavy atom. The van der Waals surface area contributed by atoms with Gasteiger partial charge in [0.25, 0.3) is 0 Å². The van der Waals surface area contributed by atoms with Crippen molar-refractivity contribution in [1.29, 1.82) is 0 Å². The zero-order chi connectivity index (χ0) is 13.8. The fourth-order valence-corrected chi connectivity index (χ4v) is 5.27. The maximum atomic E-state index is 11.8. The van der Waals surface area contributed by atoms with Gasteiger partial charge in [-0.2, -0.15) is 4.55 Å². The van der Waals surface area contributed by atoms with Gasteiger partial charge in [0.05, 0.1) is 15.7 Å². The second-order valence-corrected chi connectivity index (χ2v) is 8.06. The fraction of sp³-hybridized carbons (Fsp3) is 0.364. The first-order chi connectivity index (χ1) is 8.89. The van der Waals surface area contributed by atoms with Gasteiger partial charge >= 0.3 is 0 Å². The Morgan fingerprint density at radius 3 is 2.89 bits per heavy atom. The summed E-state index contributed by atoms with van der Waals surface area (Å²) in [5.41, 5.74) is 0.677. The Bertz CT molecular complexity index is 610. The molecule has 4 nitrogen and oxygen atoms in total. The first-order valence-corrected chi connectivity index (χ1v) is 8.66. The number of anilines is 1. The van der Waals surface area contributed by atoms with Crippen molar-refractivity contribution in [2.45, 2.75) is 12.1 Å². The Hall–Kier alpha value is -0.400. The molecule has 0 bridgehead atoms. The van der Waals surface area contributed by atoms with E-state index in [1.807, 2.05) is 6.07 Å². The Morgan fingerprint density at radius 1 is 1.42 bits per heavy atom. The number of thiocarbonyl (C=S) groups is 1. The van der Waals surface area contributed by atoms with Gasteiger partial charge in [0.1, 0.15) is 12.1 Å². The number of nitrogens with zero attached hydrogens (tertiary/aromatic N) is 1. The zero-order valence-electron chi connectivity index (χ0n) is 9.68. The predicted octanol–water partition coefficient (Wildman–Crippen LogP) is 2.41. The van der Waals surface area contributed by atoms with E-state index < -0.39 is 10.2 Å². The highest BCUT2D eigenvalue weighted by Gasteiger charge is 2.54. The van der Waals surface area contributed by atoms with Crippen LogP contribution in [0.3, 0.4) is 0 Å². The molecule has 2 heterocycles. The van der Waals surface area contributed by atoms with Crippen LogP contribution in [0.4, 0.5) is 5.69 Å². The molecule has 8 heteroatoms. The van der Waals surface area contributed by atoms with E-state index >= 15 is 0 Å². The van der Waals surface area contributed by atoms with Gasteiger partial charge in [-0.25, -0.2) is 0 Å². The third-order valence-corrected chi connectivity index (χ3v) is 6.25. The number of hydrogen-bond donors (Lipinski definition) is 2. The summed E-state index contributed by atoms with van der Waals surface area (Å²) in [6, 6.07) is 5.02. The molecular formula is C11H11Cl2N2O2S2+. The lowest BCUT2D eigenvalue weighted by molar-refractivity contribution is 0.502. The summed E-state index contributed by atoms with van der Waals surface area (Å²) >= 11 is 17.5. The van der Waals surface area contributed by atoms with Crippen LogP contribution in [0.25, 0.3) is 0 Å². The number of rotatable bonds is 1. The van der Waals surface area contributed by atoms with E-state index in [2.05, 4.69) is 5.32 Å². The highest BCUT2D eigenvalue weighted by molar-refractivity contribution is 7.98. The normalized spacial score (nSPS) is 33.4. The van der Waals surface area contributed by atoms with Crippen LogP contribution in [0, 0.1) is 0 Å². The predicted molar refractivity (Wildman–Crippen MR) is 82.7 cm³/mol. The second kappa shape index (κ2) is 4.56. The van der Waals surface area contributed by atoms with E-state index in [1.54, 1.807) is 17.0 Å². The largest absolute Gasteiger partial charge is 0.352 e. The molecule has 1 unspecified atom stereocenters. The first kappa shape index (κ1) is 13.6.